The van der Waals surface area contributed by atoms with Gasteiger partial charge in [0.05, 0.1) is 17.3 Å². The second kappa shape index (κ2) is 7.34. The van der Waals surface area contributed by atoms with Crippen molar-refractivity contribution < 1.29 is 27.2 Å². The molecule has 0 aliphatic heterocycles. The topological polar surface area (TPSA) is 34.1 Å². The molecule has 0 aliphatic carbocycles. The summed E-state index contributed by atoms with van der Waals surface area (Å²) in [5, 5.41) is 0. The predicted molar refractivity (Wildman–Crippen MR) is 97.2 cm³/mol. The van der Waals surface area contributed by atoms with Crippen molar-refractivity contribution in [3.8, 4) is 0 Å². The van der Waals surface area contributed by atoms with E-state index in [9.17, 15) is 27.2 Å². The highest BCUT2D eigenvalue weighted by Gasteiger charge is 2.33. The molecular weight excluding hydrogens is 524 g/mol. The number of hydrogen-bond acceptors (Lipinski definition) is 4. The minimum absolute atomic E-state index is 0.116. The maximum absolute atomic E-state index is 14.4. The van der Waals surface area contributed by atoms with E-state index in [1.54, 1.807) is 0 Å². The van der Waals surface area contributed by atoms with E-state index in [0.717, 1.165) is 22.7 Å². The molecule has 26 heavy (non-hydrogen) atoms. The highest BCUT2D eigenvalue weighted by molar-refractivity contribution is 9.11. The average Bonchev–Trinajstić information content (AvgIpc) is 3.21. The van der Waals surface area contributed by atoms with Crippen LogP contribution in [-0.2, 0) is 0 Å². The van der Waals surface area contributed by atoms with Gasteiger partial charge in [-0.25, -0.2) is 17.6 Å². The quantitative estimate of drug-likeness (QED) is 0.225. The van der Waals surface area contributed by atoms with Gasteiger partial charge in [0.1, 0.15) is 11.1 Å². The zero-order valence-electron chi connectivity index (χ0n) is 12.2. The monoisotopic (exact) mass is 526 g/mol. The fourth-order valence-corrected chi connectivity index (χ4v) is 4.81. The molecule has 0 unspecified atom stereocenters. The van der Waals surface area contributed by atoms with Gasteiger partial charge in [0.25, 0.3) is 0 Å². The van der Waals surface area contributed by atoms with Gasteiger partial charge in [-0.3, -0.25) is 9.59 Å². The average molecular weight is 528 g/mol. The van der Waals surface area contributed by atoms with E-state index >= 15 is 0 Å². The van der Waals surface area contributed by atoms with Gasteiger partial charge in [0, 0.05) is 0 Å². The summed E-state index contributed by atoms with van der Waals surface area (Å²) >= 11 is 7.86. The van der Waals surface area contributed by atoms with Crippen molar-refractivity contribution in [1.29, 1.82) is 0 Å². The Morgan fingerprint density at radius 2 is 0.962 bits per heavy atom. The number of ketones is 2. The molecule has 2 nitrogen and oxygen atoms in total. The van der Waals surface area contributed by atoms with Crippen LogP contribution in [-0.4, -0.2) is 11.6 Å². The van der Waals surface area contributed by atoms with Crippen molar-refractivity contribution >= 4 is 66.1 Å². The largest absolute Gasteiger partial charge is 0.287 e. The summed E-state index contributed by atoms with van der Waals surface area (Å²) in [5.41, 5.74) is -2.75. The van der Waals surface area contributed by atoms with Gasteiger partial charge in [-0.15, -0.1) is 22.7 Å². The van der Waals surface area contributed by atoms with Gasteiger partial charge in [-0.05, 0) is 56.1 Å². The number of carbonyl (C=O) groups excluding carboxylic acids is 2. The Morgan fingerprint density at radius 1 is 0.654 bits per heavy atom. The Balaban J connectivity index is 2.17. The second-order valence-electron chi connectivity index (χ2n) is 4.87. The molecule has 3 rings (SSSR count). The lowest BCUT2D eigenvalue weighted by Gasteiger charge is -2.09. The van der Waals surface area contributed by atoms with Crippen LogP contribution < -0.4 is 0 Å². The third kappa shape index (κ3) is 3.30. The van der Waals surface area contributed by atoms with Crippen LogP contribution in [0.4, 0.5) is 17.6 Å². The zero-order valence-corrected chi connectivity index (χ0v) is 17.0. The number of thiophene rings is 2. The fourth-order valence-electron chi connectivity index (χ4n) is 2.15. The molecule has 2 aromatic heterocycles. The lowest BCUT2D eigenvalue weighted by Crippen LogP contribution is -2.16. The molecule has 0 saturated heterocycles. The third-order valence-electron chi connectivity index (χ3n) is 3.31. The van der Waals surface area contributed by atoms with Crippen LogP contribution in [0.15, 0.2) is 31.8 Å². The van der Waals surface area contributed by atoms with E-state index in [1.165, 1.54) is 24.3 Å². The maximum Gasteiger partial charge on any atom is 0.209 e. The van der Waals surface area contributed by atoms with Gasteiger partial charge in [0.15, 0.2) is 23.3 Å². The molecule has 2 heterocycles. The van der Waals surface area contributed by atoms with E-state index in [-0.39, 0.29) is 9.75 Å². The Morgan fingerprint density at radius 3 is 1.19 bits per heavy atom. The van der Waals surface area contributed by atoms with Crippen LogP contribution in [0.25, 0.3) is 0 Å². The van der Waals surface area contributed by atoms with Crippen molar-refractivity contribution in [3.05, 3.63) is 76.0 Å². The summed E-state index contributed by atoms with van der Waals surface area (Å²) in [6.07, 6.45) is 0. The fraction of sp³-hybridized carbons (Fsp3) is 0. The Kier molecular flexibility index (Phi) is 5.48. The van der Waals surface area contributed by atoms with Crippen LogP contribution >= 0.6 is 54.5 Å². The molecule has 0 atom stereocenters. The maximum atomic E-state index is 14.4. The van der Waals surface area contributed by atoms with Gasteiger partial charge in [0.2, 0.25) is 11.6 Å². The Labute approximate surface area is 168 Å². The number of rotatable bonds is 4. The van der Waals surface area contributed by atoms with Crippen LogP contribution in [0.3, 0.4) is 0 Å². The number of halogens is 6. The molecule has 0 aliphatic rings. The minimum Gasteiger partial charge on any atom is -0.287 e. The summed E-state index contributed by atoms with van der Waals surface area (Å²) in [6.45, 7) is 0. The van der Waals surface area contributed by atoms with E-state index in [1.807, 2.05) is 0 Å². The van der Waals surface area contributed by atoms with Crippen LogP contribution in [0.1, 0.15) is 30.5 Å². The summed E-state index contributed by atoms with van der Waals surface area (Å²) in [7, 11) is 0. The molecular formula is C16H4Br2F4O2S2. The highest BCUT2D eigenvalue weighted by atomic mass is 79.9. The molecule has 0 radical (unpaired) electrons. The smallest absolute Gasteiger partial charge is 0.209 e. The normalized spacial score (nSPS) is 11.0. The number of carbonyl (C=O) groups is 2. The van der Waals surface area contributed by atoms with Crippen molar-refractivity contribution in [2.45, 2.75) is 0 Å². The molecule has 3 aromatic rings. The summed E-state index contributed by atoms with van der Waals surface area (Å²) < 4.78 is 58.4. The first-order valence-electron chi connectivity index (χ1n) is 6.68. The van der Waals surface area contributed by atoms with Crippen molar-refractivity contribution in [2.24, 2.45) is 0 Å². The van der Waals surface area contributed by atoms with Crippen molar-refractivity contribution in [2.75, 3.05) is 0 Å². The van der Waals surface area contributed by atoms with E-state index in [0.29, 0.717) is 7.57 Å². The molecule has 0 amide bonds. The SMILES string of the molecule is O=C(c1ccc(Br)s1)c1c(F)c(F)c(C(=O)c2ccc(Br)s2)c(F)c1F. The standard InChI is InChI=1S/C16H4Br2F4O2S2/c17-7-3-1-5(25-7)15(23)9-11(19)13(21)10(14(22)12(9)20)16(24)6-2-4-8(18)26-6/h1-4H. The molecule has 0 bridgehead atoms. The molecule has 10 heteroatoms. The van der Waals surface area contributed by atoms with Gasteiger partial charge < -0.3 is 0 Å². The number of benzene rings is 1. The first-order valence-corrected chi connectivity index (χ1v) is 9.90. The molecule has 0 fully saturated rings. The van der Waals surface area contributed by atoms with E-state index in [2.05, 4.69) is 31.9 Å². The minimum atomic E-state index is -1.91. The van der Waals surface area contributed by atoms with Crippen LogP contribution in [0.5, 0.6) is 0 Å². The third-order valence-corrected chi connectivity index (χ3v) is 6.56. The van der Waals surface area contributed by atoms with Crippen molar-refractivity contribution in [1.82, 2.24) is 0 Å². The van der Waals surface area contributed by atoms with Crippen molar-refractivity contribution in [3.63, 3.8) is 0 Å². The summed E-state index contributed by atoms with van der Waals surface area (Å²) in [4.78, 5) is 24.3. The zero-order chi connectivity index (χ0) is 19.2. The lowest BCUT2D eigenvalue weighted by atomic mass is 10.0. The van der Waals surface area contributed by atoms with E-state index in [4.69, 9.17) is 0 Å². The molecule has 134 valence electrons. The molecule has 0 saturated carbocycles. The van der Waals surface area contributed by atoms with E-state index < -0.39 is 46.0 Å². The second-order valence-corrected chi connectivity index (χ2v) is 9.80. The predicted octanol–water partition coefficient (Wildman–Crippen LogP) is 6.35. The van der Waals surface area contributed by atoms with Crippen LogP contribution in [0.2, 0.25) is 0 Å². The Hall–Kier alpha value is -1.36. The summed E-state index contributed by atoms with van der Waals surface area (Å²) in [6, 6.07) is 5.42. The first kappa shape index (κ1) is 19.4. The summed E-state index contributed by atoms with van der Waals surface area (Å²) in [5.74, 6) is -10.1. The molecule has 0 N–H and O–H groups in total. The lowest BCUT2D eigenvalue weighted by molar-refractivity contribution is 0.101. The number of hydrogen-bond donors (Lipinski definition) is 0. The van der Waals surface area contributed by atoms with Gasteiger partial charge in [-0.1, -0.05) is 0 Å². The molecule has 0 spiro atoms. The van der Waals surface area contributed by atoms with Gasteiger partial charge in [-0.2, -0.15) is 0 Å². The van der Waals surface area contributed by atoms with Gasteiger partial charge >= 0.3 is 0 Å². The first-order chi connectivity index (χ1) is 12.2. The Bertz CT molecular complexity index is 946. The van der Waals surface area contributed by atoms with Crippen LogP contribution in [0, 0.1) is 23.3 Å². The molecule has 1 aromatic carbocycles. The highest BCUT2D eigenvalue weighted by Crippen LogP contribution is 2.32.